The molecule has 0 radical (unpaired) electrons. The smallest absolute Gasteiger partial charge is 0.157 e. The molecule has 0 aliphatic carbocycles. The van der Waals surface area contributed by atoms with Crippen molar-refractivity contribution in [1.29, 1.82) is 0 Å². The highest BCUT2D eigenvalue weighted by atomic mass is 15.3. The maximum atomic E-state index is 4.73. The standard InChI is InChI=1S/C22H20N8/c1-16-10-26-30(12-16)22-9-21(24-14-25-22)18-5-3-4-17(8-18)20-6-7-29(27-20)13-19-11-23-15-28(19)2/h3-12,14-15H,13H2,1-2H3. The molecule has 0 saturated carbocycles. The molecule has 0 aliphatic heterocycles. The lowest BCUT2D eigenvalue weighted by Gasteiger charge is -2.06. The van der Waals surface area contributed by atoms with Crippen molar-refractivity contribution in [2.45, 2.75) is 13.5 Å². The van der Waals surface area contributed by atoms with Crippen LogP contribution in [0.25, 0.3) is 28.3 Å². The van der Waals surface area contributed by atoms with Crippen LogP contribution in [0, 0.1) is 6.92 Å². The highest BCUT2D eigenvalue weighted by Gasteiger charge is 2.09. The van der Waals surface area contributed by atoms with Crippen molar-refractivity contribution >= 4 is 0 Å². The summed E-state index contributed by atoms with van der Waals surface area (Å²) in [6.45, 7) is 2.68. The minimum Gasteiger partial charge on any atom is -0.336 e. The van der Waals surface area contributed by atoms with Crippen LogP contribution in [0.5, 0.6) is 0 Å². The van der Waals surface area contributed by atoms with Gasteiger partial charge < -0.3 is 4.57 Å². The van der Waals surface area contributed by atoms with Crippen molar-refractivity contribution in [3.05, 3.63) is 85.1 Å². The first-order valence-corrected chi connectivity index (χ1v) is 9.59. The van der Waals surface area contributed by atoms with E-state index in [1.54, 1.807) is 17.3 Å². The third-order valence-corrected chi connectivity index (χ3v) is 4.93. The number of imidazole rings is 1. The molecule has 0 aliphatic rings. The lowest BCUT2D eigenvalue weighted by Crippen LogP contribution is -2.04. The van der Waals surface area contributed by atoms with Crippen LogP contribution in [-0.2, 0) is 13.6 Å². The Hall–Kier alpha value is -4.07. The van der Waals surface area contributed by atoms with E-state index in [1.165, 1.54) is 0 Å². The van der Waals surface area contributed by atoms with Gasteiger partial charge in [-0.15, -0.1) is 0 Å². The fourth-order valence-corrected chi connectivity index (χ4v) is 3.31. The number of nitrogens with zero attached hydrogens (tertiary/aromatic N) is 8. The summed E-state index contributed by atoms with van der Waals surface area (Å²) in [7, 11) is 1.98. The van der Waals surface area contributed by atoms with Crippen LogP contribution in [0.2, 0.25) is 0 Å². The van der Waals surface area contributed by atoms with Crippen LogP contribution in [0.4, 0.5) is 0 Å². The maximum absolute atomic E-state index is 4.73. The van der Waals surface area contributed by atoms with Gasteiger partial charge >= 0.3 is 0 Å². The van der Waals surface area contributed by atoms with E-state index in [9.17, 15) is 0 Å². The summed E-state index contributed by atoms with van der Waals surface area (Å²) in [5.74, 6) is 0.735. The first kappa shape index (κ1) is 18.0. The maximum Gasteiger partial charge on any atom is 0.157 e. The molecule has 0 fully saturated rings. The third kappa shape index (κ3) is 3.50. The molecule has 0 saturated heterocycles. The fraction of sp³-hybridized carbons (Fsp3) is 0.136. The third-order valence-electron chi connectivity index (χ3n) is 4.93. The van der Waals surface area contributed by atoms with Gasteiger partial charge in [-0.3, -0.25) is 4.68 Å². The first-order valence-electron chi connectivity index (χ1n) is 9.59. The van der Waals surface area contributed by atoms with E-state index in [1.807, 2.05) is 72.3 Å². The SMILES string of the molecule is Cc1cnn(-c2cc(-c3cccc(-c4ccn(Cc5cncn5C)n4)c3)ncn2)c1. The Morgan fingerprint density at radius 3 is 2.60 bits per heavy atom. The Morgan fingerprint density at radius 1 is 0.967 bits per heavy atom. The summed E-state index contributed by atoms with van der Waals surface area (Å²) in [5.41, 5.74) is 5.97. The summed E-state index contributed by atoms with van der Waals surface area (Å²) < 4.78 is 5.67. The zero-order valence-electron chi connectivity index (χ0n) is 16.7. The molecular formula is C22H20N8. The molecule has 4 heterocycles. The summed E-state index contributed by atoms with van der Waals surface area (Å²) in [6, 6.07) is 12.2. The van der Waals surface area contributed by atoms with Crippen molar-refractivity contribution in [2.75, 3.05) is 0 Å². The van der Waals surface area contributed by atoms with Gasteiger partial charge in [0.15, 0.2) is 5.82 Å². The molecule has 0 N–H and O–H groups in total. The number of rotatable bonds is 5. The monoisotopic (exact) mass is 396 g/mol. The largest absolute Gasteiger partial charge is 0.336 e. The van der Waals surface area contributed by atoms with Crippen molar-refractivity contribution < 1.29 is 0 Å². The second kappa shape index (κ2) is 7.40. The molecule has 1 aromatic carbocycles. The Balaban J connectivity index is 1.43. The average molecular weight is 396 g/mol. The van der Waals surface area contributed by atoms with Crippen LogP contribution in [0.3, 0.4) is 0 Å². The van der Waals surface area contributed by atoms with Crippen LogP contribution in [0.1, 0.15) is 11.3 Å². The molecule has 0 atom stereocenters. The van der Waals surface area contributed by atoms with Crippen molar-refractivity contribution in [2.24, 2.45) is 7.05 Å². The summed E-state index contributed by atoms with van der Waals surface area (Å²) >= 11 is 0. The first-order chi connectivity index (χ1) is 14.7. The van der Waals surface area contributed by atoms with Crippen molar-refractivity contribution in [3.8, 4) is 28.3 Å². The average Bonchev–Trinajstić information content (AvgIpc) is 3.51. The van der Waals surface area contributed by atoms with Crippen LogP contribution in [-0.4, -0.2) is 39.1 Å². The molecule has 4 aromatic heterocycles. The summed E-state index contributed by atoms with van der Waals surface area (Å²) in [6.07, 6.45) is 11.0. The highest BCUT2D eigenvalue weighted by Crippen LogP contribution is 2.25. The highest BCUT2D eigenvalue weighted by molar-refractivity contribution is 5.69. The van der Waals surface area contributed by atoms with Gasteiger partial charge in [-0.2, -0.15) is 10.2 Å². The van der Waals surface area contributed by atoms with Crippen LogP contribution in [0.15, 0.2) is 73.8 Å². The van der Waals surface area contributed by atoms with Crippen molar-refractivity contribution in [3.63, 3.8) is 0 Å². The summed E-state index contributed by atoms with van der Waals surface area (Å²) in [4.78, 5) is 13.0. The molecule has 30 heavy (non-hydrogen) atoms. The van der Waals surface area contributed by atoms with Gasteiger partial charge in [0, 0.05) is 36.6 Å². The number of hydrogen-bond donors (Lipinski definition) is 0. The van der Waals surface area contributed by atoms with E-state index >= 15 is 0 Å². The molecule has 8 nitrogen and oxygen atoms in total. The van der Waals surface area contributed by atoms with Gasteiger partial charge in [0.1, 0.15) is 6.33 Å². The molecule has 0 spiro atoms. The Labute approximate surface area is 173 Å². The molecule has 0 amide bonds. The molecule has 148 valence electrons. The lowest BCUT2D eigenvalue weighted by atomic mass is 10.1. The predicted molar refractivity (Wildman–Crippen MR) is 113 cm³/mol. The second-order valence-corrected chi connectivity index (χ2v) is 7.20. The van der Waals surface area contributed by atoms with Gasteiger partial charge in [0.25, 0.3) is 0 Å². The van der Waals surface area contributed by atoms with Gasteiger partial charge in [0.2, 0.25) is 0 Å². The number of hydrogen-bond acceptors (Lipinski definition) is 5. The molecular weight excluding hydrogens is 376 g/mol. The lowest BCUT2D eigenvalue weighted by molar-refractivity contribution is 0.650. The molecule has 5 rings (SSSR count). The Morgan fingerprint density at radius 2 is 1.83 bits per heavy atom. The van der Waals surface area contributed by atoms with Gasteiger partial charge in [-0.05, 0) is 24.6 Å². The topological polar surface area (TPSA) is 79.2 Å². The molecule has 5 aromatic rings. The zero-order valence-corrected chi connectivity index (χ0v) is 16.7. The van der Waals surface area contributed by atoms with E-state index in [0.717, 1.165) is 39.6 Å². The number of benzene rings is 1. The van der Waals surface area contributed by atoms with E-state index in [2.05, 4.69) is 32.2 Å². The predicted octanol–water partition coefficient (Wildman–Crippen LogP) is 3.28. The summed E-state index contributed by atoms with van der Waals surface area (Å²) in [5, 5.41) is 9.06. The number of aryl methyl sites for hydroxylation is 2. The van der Waals surface area contributed by atoms with E-state index < -0.39 is 0 Å². The van der Waals surface area contributed by atoms with E-state index in [4.69, 9.17) is 5.10 Å². The van der Waals surface area contributed by atoms with E-state index in [0.29, 0.717) is 6.54 Å². The van der Waals surface area contributed by atoms with Crippen molar-refractivity contribution in [1.82, 2.24) is 39.1 Å². The number of aromatic nitrogens is 8. The minimum atomic E-state index is 0.675. The van der Waals surface area contributed by atoms with Crippen LogP contribution < -0.4 is 0 Å². The van der Waals surface area contributed by atoms with Crippen LogP contribution >= 0.6 is 0 Å². The Bertz CT molecular complexity index is 1310. The van der Waals surface area contributed by atoms with E-state index in [-0.39, 0.29) is 0 Å². The molecule has 0 unspecified atom stereocenters. The Kier molecular flexibility index (Phi) is 4.44. The quantitative estimate of drug-likeness (QED) is 0.455. The normalized spacial score (nSPS) is 11.1. The zero-order chi connectivity index (χ0) is 20.5. The van der Waals surface area contributed by atoms with Gasteiger partial charge in [-0.1, -0.05) is 18.2 Å². The molecule has 8 heteroatoms. The molecule has 0 bridgehead atoms. The minimum absolute atomic E-state index is 0.675. The van der Waals surface area contributed by atoms with Gasteiger partial charge in [-0.25, -0.2) is 19.6 Å². The van der Waals surface area contributed by atoms with Gasteiger partial charge in [0.05, 0.1) is 42.3 Å². The fourth-order valence-electron chi connectivity index (χ4n) is 3.31. The second-order valence-electron chi connectivity index (χ2n) is 7.20.